The van der Waals surface area contributed by atoms with E-state index in [9.17, 15) is 13.2 Å². The summed E-state index contributed by atoms with van der Waals surface area (Å²) < 4.78 is 24.9. The molecule has 0 saturated carbocycles. The van der Waals surface area contributed by atoms with E-state index >= 15 is 0 Å². The third-order valence-electron chi connectivity index (χ3n) is 3.68. The number of sulfone groups is 1. The Morgan fingerprint density at radius 1 is 1.45 bits per heavy atom. The minimum atomic E-state index is -3.02. The molecule has 1 aromatic carbocycles. The molecule has 0 spiro atoms. The molecule has 1 aromatic rings. The van der Waals surface area contributed by atoms with E-state index in [1.165, 1.54) is 11.8 Å². The number of amidine groups is 1. The highest BCUT2D eigenvalue weighted by Crippen LogP contribution is 2.41. The molecule has 2 heterocycles. The lowest BCUT2D eigenvalue weighted by Gasteiger charge is -2.24. The summed E-state index contributed by atoms with van der Waals surface area (Å²) in [4.78, 5) is 17.8. The van der Waals surface area contributed by atoms with Gasteiger partial charge in [0.2, 0.25) is 5.91 Å². The Hall–Kier alpha value is -0.610. The Kier molecular flexibility index (Phi) is 4.52. The van der Waals surface area contributed by atoms with E-state index < -0.39 is 9.84 Å². The molecule has 118 valence electrons. The maximum Gasteiger partial charge on any atom is 0.247 e. The molecule has 0 aromatic heterocycles. The van der Waals surface area contributed by atoms with Gasteiger partial charge >= 0.3 is 0 Å². The summed E-state index contributed by atoms with van der Waals surface area (Å²) in [5.74, 6) is 0.0957. The number of hydrogen-bond donors (Lipinski definition) is 0. The highest BCUT2D eigenvalue weighted by atomic mass is 127. The molecular weight excluding hydrogens is 435 g/mol. The molecule has 2 saturated heterocycles. The van der Waals surface area contributed by atoms with E-state index in [-0.39, 0.29) is 28.7 Å². The number of hydrogen-bond acceptors (Lipinski definition) is 4. The molecule has 2 aliphatic rings. The molecular formula is C14H15IN2O3S2. The molecule has 5 nitrogen and oxygen atoms in total. The largest absolute Gasteiger partial charge is 0.316 e. The normalized spacial score (nSPS) is 28.1. The molecule has 2 fully saturated rings. The van der Waals surface area contributed by atoms with Gasteiger partial charge in [0.1, 0.15) is 0 Å². The van der Waals surface area contributed by atoms with E-state index in [0.29, 0.717) is 11.6 Å². The summed E-state index contributed by atoms with van der Waals surface area (Å²) in [7, 11) is -3.02. The van der Waals surface area contributed by atoms with Crippen LogP contribution in [0.1, 0.15) is 13.3 Å². The fourth-order valence-corrected chi connectivity index (χ4v) is 7.14. The Morgan fingerprint density at radius 2 is 2.23 bits per heavy atom. The zero-order valence-corrected chi connectivity index (χ0v) is 15.7. The fourth-order valence-electron chi connectivity index (χ4n) is 2.68. The van der Waals surface area contributed by atoms with Crippen molar-refractivity contribution in [3.63, 3.8) is 0 Å². The Morgan fingerprint density at radius 3 is 2.91 bits per heavy atom. The minimum absolute atomic E-state index is 0.0497. The second-order valence-electron chi connectivity index (χ2n) is 5.29. The number of halogens is 1. The van der Waals surface area contributed by atoms with E-state index in [1.54, 1.807) is 6.92 Å². The molecule has 22 heavy (non-hydrogen) atoms. The summed E-state index contributed by atoms with van der Waals surface area (Å²) >= 11 is 3.63. The third kappa shape index (κ3) is 3.18. The zero-order valence-electron chi connectivity index (χ0n) is 11.9. The number of amides is 1. The SMILES string of the molecule is CCC(=O)N=C1S[C@@H]2CS(=O)(=O)C[C@H]2N1c1cccc(I)c1. The first-order valence-electron chi connectivity index (χ1n) is 6.93. The van der Waals surface area contributed by atoms with Gasteiger partial charge in [-0.25, -0.2) is 8.42 Å². The lowest BCUT2D eigenvalue weighted by Crippen LogP contribution is -2.37. The van der Waals surface area contributed by atoms with Crippen molar-refractivity contribution in [3.8, 4) is 0 Å². The zero-order chi connectivity index (χ0) is 15.9. The van der Waals surface area contributed by atoms with Crippen LogP contribution >= 0.6 is 34.4 Å². The predicted molar refractivity (Wildman–Crippen MR) is 98.2 cm³/mol. The van der Waals surface area contributed by atoms with Crippen LogP contribution in [-0.2, 0) is 14.6 Å². The fraction of sp³-hybridized carbons (Fsp3) is 0.429. The first-order chi connectivity index (χ1) is 10.4. The molecule has 0 unspecified atom stereocenters. The van der Waals surface area contributed by atoms with Crippen molar-refractivity contribution >= 4 is 61.0 Å². The number of anilines is 1. The molecule has 0 bridgehead atoms. The number of rotatable bonds is 2. The quantitative estimate of drug-likeness (QED) is 0.648. The van der Waals surface area contributed by atoms with Gasteiger partial charge in [-0.2, -0.15) is 4.99 Å². The predicted octanol–water partition coefficient (Wildman–Crippen LogP) is 2.30. The van der Waals surface area contributed by atoms with E-state index in [4.69, 9.17) is 0 Å². The molecule has 3 rings (SSSR count). The van der Waals surface area contributed by atoms with Gasteiger partial charge in [-0.05, 0) is 40.8 Å². The van der Waals surface area contributed by atoms with Crippen LogP contribution in [0.15, 0.2) is 29.3 Å². The molecule has 2 atom stereocenters. The summed E-state index contributed by atoms with van der Waals surface area (Å²) in [6.07, 6.45) is 0.345. The Labute approximate surface area is 147 Å². The van der Waals surface area contributed by atoms with Crippen LogP contribution in [0, 0.1) is 3.57 Å². The van der Waals surface area contributed by atoms with Crippen LogP contribution < -0.4 is 4.90 Å². The lowest BCUT2D eigenvalue weighted by atomic mass is 10.2. The first kappa shape index (κ1) is 16.3. The van der Waals surface area contributed by atoms with Gasteiger partial charge in [0.05, 0.1) is 17.5 Å². The van der Waals surface area contributed by atoms with Crippen LogP contribution in [0.2, 0.25) is 0 Å². The molecule has 2 aliphatic heterocycles. The number of carbonyl (C=O) groups is 1. The number of fused-ring (bicyclic) bond motifs is 1. The number of benzene rings is 1. The second kappa shape index (κ2) is 6.12. The Balaban J connectivity index is 2.03. The van der Waals surface area contributed by atoms with Crippen molar-refractivity contribution in [2.75, 3.05) is 16.4 Å². The molecule has 1 amide bonds. The highest BCUT2D eigenvalue weighted by molar-refractivity contribution is 14.1. The van der Waals surface area contributed by atoms with Crippen LogP contribution in [0.25, 0.3) is 0 Å². The molecule has 0 radical (unpaired) electrons. The van der Waals surface area contributed by atoms with Crippen molar-refractivity contribution in [1.82, 2.24) is 0 Å². The van der Waals surface area contributed by atoms with Gasteiger partial charge in [0.25, 0.3) is 0 Å². The van der Waals surface area contributed by atoms with Crippen LogP contribution in [-0.4, -0.2) is 42.3 Å². The van der Waals surface area contributed by atoms with Crippen molar-refractivity contribution in [1.29, 1.82) is 0 Å². The lowest BCUT2D eigenvalue weighted by molar-refractivity contribution is -0.117. The summed E-state index contributed by atoms with van der Waals surface area (Å²) in [6.45, 7) is 1.77. The molecule has 0 N–H and O–H groups in total. The van der Waals surface area contributed by atoms with Gasteiger partial charge < -0.3 is 4.90 Å². The first-order valence-corrected chi connectivity index (χ1v) is 10.7. The maximum atomic E-state index is 11.9. The Bertz CT molecular complexity index is 748. The number of nitrogens with zero attached hydrogens (tertiary/aromatic N) is 2. The van der Waals surface area contributed by atoms with E-state index in [1.807, 2.05) is 29.2 Å². The van der Waals surface area contributed by atoms with Crippen molar-refractivity contribution < 1.29 is 13.2 Å². The average molecular weight is 450 g/mol. The smallest absolute Gasteiger partial charge is 0.247 e. The minimum Gasteiger partial charge on any atom is -0.316 e. The van der Waals surface area contributed by atoms with E-state index in [2.05, 4.69) is 27.6 Å². The van der Waals surface area contributed by atoms with Gasteiger partial charge in [-0.3, -0.25) is 4.79 Å². The van der Waals surface area contributed by atoms with Gasteiger partial charge in [-0.15, -0.1) is 0 Å². The summed E-state index contributed by atoms with van der Waals surface area (Å²) in [5.41, 5.74) is 0.895. The van der Waals surface area contributed by atoms with Gasteiger partial charge in [0, 0.05) is 20.9 Å². The van der Waals surface area contributed by atoms with Gasteiger partial charge in [0.15, 0.2) is 15.0 Å². The highest BCUT2D eigenvalue weighted by Gasteiger charge is 2.49. The van der Waals surface area contributed by atoms with Gasteiger partial charge in [-0.1, -0.05) is 24.8 Å². The number of aliphatic imine (C=N–C) groups is 1. The second-order valence-corrected chi connectivity index (χ2v) is 9.90. The topological polar surface area (TPSA) is 66.8 Å². The van der Waals surface area contributed by atoms with Crippen molar-refractivity contribution in [2.24, 2.45) is 4.99 Å². The maximum absolute atomic E-state index is 11.9. The third-order valence-corrected chi connectivity index (χ3v) is 7.56. The van der Waals surface area contributed by atoms with Crippen LogP contribution in [0.5, 0.6) is 0 Å². The molecule has 0 aliphatic carbocycles. The van der Waals surface area contributed by atoms with Crippen molar-refractivity contribution in [3.05, 3.63) is 27.8 Å². The number of carbonyl (C=O) groups excluding carboxylic acids is 1. The standard InChI is InChI=1S/C14H15IN2O3S2/c1-2-13(18)16-14-17(10-5-3-4-9(15)6-10)11-7-22(19,20)8-12(11)21-14/h3-6,11-12H,2,7-8H2,1H3/t11-,12-/m1/s1. The molecule has 8 heteroatoms. The van der Waals surface area contributed by atoms with Crippen molar-refractivity contribution in [2.45, 2.75) is 24.6 Å². The monoisotopic (exact) mass is 450 g/mol. The van der Waals surface area contributed by atoms with Crippen LogP contribution in [0.4, 0.5) is 5.69 Å². The average Bonchev–Trinajstić information content (AvgIpc) is 2.89. The summed E-state index contributed by atoms with van der Waals surface area (Å²) in [5, 5.41) is 0.574. The van der Waals surface area contributed by atoms with Crippen LogP contribution in [0.3, 0.4) is 0 Å². The number of thioether (sulfide) groups is 1. The summed E-state index contributed by atoms with van der Waals surface area (Å²) in [6, 6.07) is 7.68. The van der Waals surface area contributed by atoms with E-state index in [0.717, 1.165) is 9.26 Å².